The Hall–Kier alpha value is -2.53. The van der Waals surface area contributed by atoms with E-state index < -0.39 is 0 Å². The van der Waals surface area contributed by atoms with Gasteiger partial charge in [0.05, 0.1) is 6.54 Å². The number of anilines is 1. The molecule has 2 aromatic carbocycles. The van der Waals surface area contributed by atoms with Gasteiger partial charge in [0.2, 0.25) is 5.91 Å². The van der Waals surface area contributed by atoms with Gasteiger partial charge in [-0.25, -0.2) is 0 Å². The first-order valence-electron chi connectivity index (χ1n) is 7.47. The SMILES string of the molecule is C#Cc1cccc(NC(=O)CN(C)C(=O)COc2ccc(I)cc2)c1. The Kier molecular flexibility index (Phi) is 6.83. The summed E-state index contributed by atoms with van der Waals surface area (Å²) >= 11 is 2.19. The fourth-order valence-electron chi connectivity index (χ4n) is 1.98. The lowest BCUT2D eigenvalue weighted by Crippen LogP contribution is -2.37. The Balaban J connectivity index is 1.82. The number of hydrogen-bond donors (Lipinski definition) is 1. The third-order valence-electron chi connectivity index (χ3n) is 3.30. The predicted octanol–water partition coefficient (Wildman–Crippen LogP) is 2.75. The molecule has 0 aliphatic rings. The molecule has 0 spiro atoms. The van der Waals surface area contributed by atoms with E-state index >= 15 is 0 Å². The van der Waals surface area contributed by atoms with Crippen LogP contribution in [0.5, 0.6) is 5.75 Å². The minimum Gasteiger partial charge on any atom is -0.484 e. The van der Waals surface area contributed by atoms with Gasteiger partial charge in [0.1, 0.15) is 5.75 Å². The average molecular weight is 448 g/mol. The van der Waals surface area contributed by atoms with E-state index in [-0.39, 0.29) is 25.0 Å². The van der Waals surface area contributed by atoms with Crippen LogP contribution in [0.2, 0.25) is 0 Å². The number of carbonyl (C=O) groups excluding carboxylic acids is 2. The summed E-state index contributed by atoms with van der Waals surface area (Å²) < 4.78 is 6.51. The lowest BCUT2D eigenvalue weighted by molar-refractivity contribution is -0.135. The minimum atomic E-state index is -0.306. The molecule has 0 unspecified atom stereocenters. The van der Waals surface area contributed by atoms with Crippen molar-refractivity contribution in [2.24, 2.45) is 0 Å². The van der Waals surface area contributed by atoms with Crippen LogP contribution in [0.4, 0.5) is 5.69 Å². The van der Waals surface area contributed by atoms with E-state index in [0.717, 1.165) is 3.57 Å². The molecule has 128 valence electrons. The molecule has 2 rings (SSSR count). The number of halogens is 1. The second-order valence-electron chi connectivity index (χ2n) is 5.27. The van der Waals surface area contributed by atoms with Gasteiger partial charge >= 0.3 is 0 Å². The van der Waals surface area contributed by atoms with Crippen molar-refractivity contribution >= 4 is 40.1 Å². The van der Waals surface area contributed by atoms with E-state index in [1.807, 2.05) is 12.1 Å². The van der Waals surface area contributed by atoms with Crippen LogP contribution in [0.3, 0.4) is 0 Å². The van der Waals surface area contributed by atoms with Crippen LogP contribution in [-0.2, 0) is 9.59 Å². The second-order valence-corrected chi connectivity index (χ2v) is 6.51. The molecule has 0 fully saturated rings. The number of hydrogen-bond acceptors (Lipinski definition) is 3. The molecule has 0 aliphatic carbocycles. The van der Waals surface area contributed by atoms with Crippen molar-refractivity contribution in [2.75, 3.05) is 25.5 Å². The second kappa shape index (κ2) is 9.08. The number of carbonyl (C=O) groups is 2. The summed E-state index contributed by atoms with van der Waals surface area (Å²) in [4.78, 5) is 25.4. The molecule has 6 heteroatoms. The normalized spacial score (nSPS) is 9.80. The maximum Gasteiger partial charge on any atom is 0.260 e. The van der Waals surface area contributed by atoms with Crippen LogP contribution in [0.25, 0.3) is 0 Å². The van der Waals surface area contributed by atoms with E-state index in [1.54, 1.807) is 43.4 Å². The van der Waals surface area contributed by atoms with Gasteiger partial charge < -0.3 is 15.0 Å². The molecular weight excluding hydrogens is 431 g/mol. The number of benzene rings is 2. The first-order chi connectivity index (χ1) is 12.0. The van der Waals surface area contributed by atoms with Crippen LogP contribution in [0, 0.1) is 15.9 Å². The van der Waals surface area contributed by atoms with E-state index in [0.29, 0.717) is 17.0 Å². The summed E-state index contributed by atoms with van der Waals surface area (Å²) in [5, 5.41) is 2.71. The van der Waals surface area contributed by atoms with Crippen molar-refractivity contribution in [3.8, 4) is 18.1 Å². The molecule has 2 aromatic rings. The molecule has 5 nitrogen and oxygen atoms in total. The topological polar surface area (TPSA) is 58.6 Å². The Bertz CT molecular complexity index is 797. The average Bonchev–Trinajstić information content (AvgIpc) is 2.61. The number of rotatable bonds is 6. The fourth-order valence-corrected chi connectivity index (χ4v) is 2.34. The van der Waals surface area contributed by atoms with Crippen molar-refractivity contribution in [1.82, 2.24) is 4.90 Å². The number of likely N-dealkylation sites (N-methyl/N-ethyl adjacent to an activating group) is 1. The van der Waals surface area contributed by atoms with E-state index in [1.165, 1.54) is 4.90 Å². The monoisotopic (exact) mass is 448 g/mol. The highest BCUT2D eigenvalue weighted by Crippen LogP contribution is 2.13. The number of nitrogens with one attached hydrogen (secondary N) is 1. The van der Waals surface area contributed by atoms with Gasteiger partial charge in [0.15, 0.2) is 6.61 Å². The van der Waals surface area contributed by atoms with Crippen LogP contribution < -0.4 is 10.1 Å². The van der Waals surface area contributed by atoms with Gasteiger partial charge in [-0.2, -0.15) is 0 Å². The zero-order valence-electron chi connectivity index (χ0n) is 13.7. The molecular formula is C19H17IN2O3. The molecule has 0 bridgehead atoms. The number of ether oxygens (including phenoxy) is 1. The molecule has 2 amide bonds. The van der Waals surface area contributed by atoms with Crippen molar-refractivity contribution in [3.63, 3.8) is 0 Å². The maximum atomic E-state index is 12.1. The summed E-state index contributed by atoms with van der Waals surface area (Å²) in [5.74, 6) is 2.52. The molecule has 0 radical (unpaired) electrons. The molecule has 0 saturated carbocycles. The van der Waals surface area contributed by atoms with Gasteiger partial charge in [0, 0.05) is 21.9 Å². The Morgan fingerprint density at radius 3 is 2.64 bits per heavy atom. The first kappa shape index (κ1) is 18.8. The minimum absolute atomic E-state index is 0.0742. The third-order valence-corrected chi connectivity index (χ3v) is 4.01. The molecule has 0 heterocycles. The van der Waals surface area contributed by atoms with Crippen molar-refractivity contribution in [2.45, 2.75) is 0 Å². The molecule has 25 heavy (non-hydrogen) atoms. The quantitative estimate of drug-likeness (QED) is 0.547. The Morgan fingerprint density at radius 1 is 1.24 bits per heavy atom. The van der Waals surface area contributed by atoms with Gasteiger partial charge in [0.25, 0.3) is 5.91 Å². The van der Waals surface area contributed by atoms with Gasteiger partial charge in [-0.05, 0) is 65.1 Å². The smallest absolute Gasteiger partial charge is 0.260 e. The number of amides is 2. The number of nitrogens with zero attached hydrogens (tertiary/aromatic N) is 1. The van der Waals surface area contributed by atoms with Crippen LogP contribution in [-0.4, -0.2) is 36.9 Å². The standard InChI is InChI=1S/C19H17IN2O3/c1-3-14-5-4-6-16(11-14)21-18(23)12-22(2)19(24)13-25-17-9-7-15(20)8-10-17/h1,4-11H,12-13H2,2H3,(H,21,23). The molecule has 0 aromatic heterocycles. The lowest BCUT2D eigenvalue weighted by Gasteiger charge is -2.17. The first-order valence-corrected chi connectivity index (χ1v) is 8.54. The molecule has 0 saturated heterocycles. The maximum absolute atomic E-state index is 12.1. The highest BCUT2D eigenvalue weighted by Gasteiger charge is 2.14. The lowest BCUT2D eigenvalue weighted by atomic mass is 10.2. The van der Waals surface area contributed by atoms with Gasteiger partial charge in [-0.15, -0.1) is 6.42 Å². The van der Waals surface area contributed by atoms with E-state index in [2.05, 4.69) is 33.8 Å². The van der Waals surface area contributed by atoms with E-state index in [9.17, 15) is 9.59 Å². The largest absolute Gasteiger partial charge is 0.484 e. The Morgan fingerprint density at radius 2 is 1.96 bits per heavy atom. The highest BCUT2D eigenvalue weighted by atomic mass is 127. The molecule has 1 N–H and O–H groups in total. The van der Waals surface area contributed by atoms with Crippen molar-refractivity contribution in [3.05, 3.63) is 57.7 Å². The molecule has 0 atom stereocenters. The summed E-state index contributed by atoms with van der Waals surface area (Å²) in [6, 6.07) is 14.3. The third kappa shape index (κ3) is 6.12. The summed E-state index contributed by atoms with van der Waals surface area (Å²) in [5.41, 5.74) is 1.27. The number of terminal acetylenes is 1. The summed E-state index contributed by atoms with van der Waals surface area (Å²) in [6.45, 7) is -0.202. The van der Waals surface area contributed by atoms with Crippen LogP contribution in [0.15, 0.2) is 48.5 Å². The predicted molar refractivity (Wildman–Crippen MR) is 105 cm³/mol. The van der Waals surface area contributed by atoms with Gasteiger partial charge in [-0.1, -0.05) is 12.0 Å². The van der Waals surface area contributed by atoms with Crippen molar-refractivity contribution < 1.29 is 14.3 Å². The fraction of sp³-hybridized carbons (Fsp3) is 0.158. The zero-order valence-corrected chi connectivity index (χ0v) is 15.8. The van der Waals surface area contributed by atoms with Crippen LogP contribution in [0.1, 0.15) is 5.56 Å². The Labute approximate surface area is 160 Å². The van der Waals surface area contributed by atoms with Crippen molar-refractivity contribution in [1.29, 1.82) is 0 Å². The van der Waals surface area contributed by atoms with E-state index in [4.69, 9.17) is 11.2 Å². The van der Waals surface area contributed by atoms with Crippen LogP contribution >= 0.6 is 22.6 Å². The van der Waals surface area contributed by atoms with Gasteiger partial charge in [-0.3, -0.25) is 9.59 Å². The zero-order chi connectivity index (χ0) is 18.2. The summed E-state index contributed by atoms with van der Waals surface area (Å²) in [6.07, 6.45) is 5.33. The summed E-state index contributed by atoms with van der Waals surface area (Å²) in [7, 11) is 1.55. The highest BCUT2D eigenvalue weighted by molar-refractivity contribution is 14.1. The molecule has 0 aliphatic heterocycles.